The second-order valence-corrected chi connectivity index (χ2v) is 8.87. The van der Waals surface area contributed by atoms with Crippen LogP contribution in [-0.2, 0) is 6.54 Å². The Morgan fingerprint density at radius 2 is 1.71 bits per heavy atom. The van der Waals surface area contributed by atoms with E-state index in [1.807, 2.05) is 36.7 Å². The van der Waals surface area contributed by atoms with Gasteiger partial charge in [0.05, 0.1) is 5.69 Å². The van der Waals surface area contributed by atoms with E-state index in [4.69, 9.17) is 0 Å². The first-order valence-electron chi connectivity index (χ1n) is 11.3. The molecule has 0 amide bonds. The van der Waals surface area contributed by atoms with Crippen molar-refractivity contribution in [3.63, 3.8) is 0 Å². The number of nitrogens with zero attached hydrogens (tertiary/aromatic N) is 6. The molecule has 1 aliphatic carbocycles. The van der Waals surface area contributed by atoms with E-state index in [1.165, 1.54) is 43.7 Å². The van der Waals surface area contributed by atoms with Gasteiger partial charge in [-0.1, -0.05) is 12.1 Å². The van der Waals surface area contributed by atoms with Crippen molar-refractivity contribution in [3.8, 4) is 5.82 Å². The van der Waals surface area contributed by atoms with Crippen molar-refractivity contribution in [1.29, 1.82) is 0 Å². The van der Waals surface area contributed by atoms with Crippen LogP contribution < -0.4 is 10.2 Å². The summed E-state index contributed by atoms with van der Waals surface area (Å²) < 4.78 is 1.82. The first-order valence-corrected chi connectivity index (χ1v) is 11.3. The van der Waals surface area contributed by atoms with Crippen LogP contribution in [0.3, 0.4) is 0 Å². The van der Waals surface area contributed by atoms with Gasteiger partial charge in [-0.15, -0.1) is 10.2 Å². The molecular formula is C24H31N7. The van der Waals surface area contributed by atoms with Crippen molar-refractivity contribution in [2.75, 3.05) is 42.9 Å². The molecule has 7 nitrogen and oxygen atoms in total. The summed E-state index contributed by atoms with van der Waals surface area (Å²) in [6, 6.07) is 14.8. The predicted molar refractivity (Wildman–Crippen MR) is 124 cm³/mol. The third kappa shape index (κ3) is 4.88. The number of benzene rings is 1. The highest BCUT2D eigenvalue weighted by Gasteiger charge is 2.26. The lowest BCUT2D eigenvalue weighted by molar-refractivity contribution is 0.248. The number of piperazine rings is 1. The van der Waals surface area contributed by atoms with Crippen LogP contribution in [-0.4, -0.2) is 57.6 Å². The molecule has 0 atom stereocenters. The molecule has 0 bridgehead atoms. The van der Waals surface area contributed by atoms with Crippen molar-refractivity contribution in [2.45, 2.75) is 33.2 Å². The lowest BCUT2D eigenvalue weighted by Gasteiger charge is -2.36. The molecule has 162 valence electrons. The zero-order chi connectivity index (χ0) is 21.2. The van der Waals surface area contributed by atoms with Gasteiger partial charge in [-0.05, 0) is 68.5 Å². The number of hydrogen-bond acceptors (Lipinski definition) is 6. The Bertz CT molecular complexity index is 997. The van der Waals surface area contributed by atoms with Crippen LogP contribution in [0.15, 0.2) is 42.5 Å². The molecule has 0 radical (unpaired) electrons. The fraction of sp³-hybridized carbons (Fsp3) is 0.458. The molecule has 0 unspecified atom stereocenters. The van der Waals surface area contributed by atoms with E-state index in [9.17, 15) is 0 Å². The third-order valence-electron chi connectivity index (χ3n) is 6.24. The average molecular weight is 418 g/mol. The number of nitrogens with one attached hydrogen (secondary N) is 1. The van der Waals surface area contributed by atoms with Crippen molar-refractivity contribution in [1.82, 2.24) is 24.9 Å². The number of aryl methyl sites for hydroxylation is 2. The summed E-state index contributed by atoms with van der Waals surface area (Å²) in [5.74, 6) is 2.48. The molecule has 1 saturated heterocycles. The van der Waals surface area contributed by atoms with Gasteiger partial charge in [0.2, 0.25) is 0 Å². The van der Waals surface area contributed by atoms with Gasteiger partial charge in [-0.3, -0.25) is 4.90 Å². The first-order chi connectivity index (χ1) is 15.1. The molecule has 2 aromatic heterocycles. The van der Waals surface area contributed by atoms with Gasteiger partial charge in [0.15, 0.2) is 5.82 Å². The maximum absolute atomic E-state index is 4.46. The first kappa shape index (κ1) is 20.0. The molecule has 1 aromatic carbocycles. The van der Waals surface area contributed by atoms with Crippen LogP contribution in [0, 0.1) is 19.8 Å². The van der Waals surface area contributed by atoms with Crippen molar-refractivity contribution in [3.05, 3.63) is 59.4 Å². The quantitative estimate of drug-likeness (QED) is 0.636. The van der Waals surface area contributed by atoms with Crippen LogP contribution in [0.5, 0.6) is 0 Å². The molecule has 5 rings (SSSR count). The summed E-state index contributed by atoms with van der Waals surface area (Å²) in [7, 11) is 0. The maximum atomic E-state index is 4.46. The third-order valence-corrected chi connectivity index (χ3v) is 6.24. The molecule has 31 heavy (non-hydrogen) atoms. The van der Waals surface area contributed by atoms with Crippen molar-refractivity contribution < 1.29 is 0 Å². The zero-order valence-electron chi connectivity index (χ0n) is 18.5. The molecule has 3 heterocycles. The largest absolute Gasteiger partial charge is 0.369 e. The standard InChI is InChI=1S/C24H31N7/c1-18-15-19(2)31(28-18)24-10-9-23(26-27-24)25-16-20-5-7-22(8-6-20)30-13-11-29(12-14-30)17-21-3-4-21/h5-10,15,21H,3-4,11-14,16-17H2,1-2H3,(H,25,26). The van der Waals surface area contributed by atoms with Gasteiger partial charge >= 0.3 is 0 Å². The summed E-state index contributed by atoms with van der Waals surface area (Å²) in [6.45, 7) is 10.7. The van der Waals surface area contributed by atoms with E-state index in [2.05, 4.69) is 54.7 Å². The minimum atomic E-state index is 0.726. The minimum Gasteiger partial charge on any atom is -0.369 e. The Morgan fingerprint density at radius 1 is 0.935 bits per heavy atom. The number of aromatic nitrogens is 4. The van der Waals surface area contributed by atoms with Crippen LogP contribution in [0.4, 0.5) is 11.5 Å². The average Bonchev–Trinajstić information content (AvgIpc) is 3.55. The number of anilines is 2. The molecular weight excluding hydrogens is 386 g/mol. The highest BCUT2D eigenvalue weighted by molar-refractivity contribution is 5.48. The van der Waals surface area contributed by atoms with Gasteiger partial charge < -0.3 is 10.2 Å². The maximum Gasteiger partial charge on any atom is 0.176 e. The number of rotatable bonds is 7. The summed E-state index contributed by atoms with van der Waals surface area (Å²) in [6.07, 6.45) is 2.88. The highest BCUT2D eigenvalue weighted by atomic mass is 15.4. The van der Waals surface area contributed by atoms with Crippen LogP contribution in [0.1, 0.15) is 29.8 Å². The van der Waals surface area contributed by atoms with Crippen LogP contribution in [0.25, 0.3) is 5.82 Å². The Kier molecular flexibility index (Phi) is 5.59. The SMILES string of the molecule is Cc1cc(C)n(-c2ccc(NCc3ccc(N4CCN(CC5CC5)CC4)cc3)nn2)n1. The normalized spacial score (nSPS) is 17.2. The van der Waals surface area contributed by atoms with Gasteiger partial charge in [0, 0.05) is 50.6 Å². The minimum absolute atomic E-state index is 0.726. The molecule has 1 saturated carbocycles. The lowest BCUT2D eigenvalue weighted by atomic mass is 10.1. The summed E-state index contributed by atoms with van der Waals surface area (Å²) in [4.78, 5) is 5.14. The van der Waals surface area contributed by atoms with E-state index >= 15 is 0 Å². The summed E-state index contributed by atoms with van der Waals surface area (Å²) in [5.41, 5.74) is 4.59. The number of hydrogen-bond donors (Lipinski definition) is 1. The molecule has 1 N–H and O–H groups in total. The smallest absolute Gasteiger partial charge is 0.176 e. The summed E-state index contributed by atoms with van der Waals surface area (Å²) in [5, 5.41) is 16.4. The molecule has 0 spiro atoms. The Balaban J connectivity index is 1.13. The van der Waals surface area contributed by atoms with Crippen molar-refractivity contribution >= 4 is 11.5 Å². The van der Waals surface area contributed by atoms with E-state index in [0.29, 0.717) is 0 Å². The van der Waals surface area contributed by atoms with Gasteiger partial charge in [-0.25, -0.2) is 4.68 Å². The highest BCUT2D eigenvalue weighted by Crippen LogP contribution is 2.30. The second-order valence-electron chi connectivity index (χ2n) is 8.87. The Hall–Kier alpha value is -2.93. The second kappa shape index (κ2) is 8.67. The van der Waals surface area contributed by atoms with Gasteiger partial charge in [0.1, 0.15) is 5.82 Å². The predicted octanol–water partition coefficient (Wildman–Crippen LogP) is 3.42. The molecule has 1 aliphatic heterocycles. The Labute approximate surface area is 184 Å². The van der Waals surface area contributed by atoms with E-state index in [1.54, 1.807) is 0 Å². The Morgan fingerprint density at radius 3 is 2.32 bits per heavy atom. The van der Waals surface area contributed by atoms with Crippen molar-refractivity contribution in [2.24, 2.45) is 5.92 Å². The van der Waals surface area contributed by atoms with E-state index in [0.717, 1.165) is 48.6 Å². The van der Waals surface area contributed by atoms with E-state index < -0.39 is 0 Å². The topological polar surface area (TPSA) is 62.1 Å². The molecule has 7 heteroatoms. The van der Waals surface area contributed by atoms with Crippen LogP contribution in [0.2, 0.25) is 0 Å². The zero-order valence-corrected chi connectivity index (χ0v) is 18.5. The molecule has 3 aromatic rings. The van der Waals surface area contributed by atoms with E-state index in [-0.39, 0.29) is 0 Å². The molecule has 2 fully saturated rings. The van der Waals surface area contributed by atoms with Gasteiger partial charge in [-0.2, -0.15) is 5.10 Å². The fourth-order valence-corrected chi connectivity index (χ4v) is 4.26. The summed E-state index contributed by atoms with van der Waals surface area (Å²) >= 11 is 0. The lowest BCUT2D eigenvalue weighted by Crippen LogP contribution is -2.47. The monoisotopic (exact) mass is 417 g/mol. The van der Waals surface area contributed by atoms with Gasteiger partial charge in [0.25, 0.3) is 0 Å². The molecule has 2 aliphatic rings. The van der Waals surface area contributed by atoms with Crippen LogP contribution >= 0.6 is 0 Å². The fourth-order valence-electron chi connectivity index (χ4n) is 4.26.